The van der Waals surface area contributed by atoms with E-state index in [0.717, 1.165) is 20.3 Å². The molecule has 1 radical (unpaired) electrons. The Bertz CT molecular complexity index is 206. The third kappa shape index (κ3) is 3.12. The number of carbonyl (C=O) groups excluding carboxylic acids is 1. The van der Waals surface area contributed by atoms with Crippen molar-refractivity contribution in [1.82, 2.24) is 5.23 Å². The van der Waals surface area contributed by atoms with E-state index in [1.54, 1.807) is 0 Å². The predicted molar refractivity (Wildman–Crippen MR) is 50.6 cm³/mol. The van der Waals surface area contributed by atoms with Crippen LogP contribution in [0.15, 0.2) is 0 Å². The molecule has 1 atom stereocenters. The summed E-state index contributed by atoms with van der Waals surface area (Å²) in [6, 6.07) is -0.677. The highest BCUT2D eigenvalue weighted by Gasteiger charge is 2.28. The first-order chi connectivity index (χ1) is 6.75. The fraction of sp³-hybridized carbons (Fsp3) is 0.750. The van der Waals surface area contributed by atoms with E-state index < -0.39 is 12.0 Å². The normalized spacial score (nSPS) is 20.0. The van der Waals surface area contributed by atoms with Gasteiger partial charge in [-0.2, -0.15) is 0 Å². The van der Waals surface area contributed by atoms with Crippen LogP contribution < -0.4 is 5.23 Å². The van der Waals surface area contributed by atoms with Crippen LogP contribution in [0.3, 0.4) is 0 Å². The fourth-order valence-corrected chi connectivity index (χ4v) is 1.60. The number of rotatable bonds is 5. The summed E-state index contributed by atoms with van der Waals surface area (Å²) in [6.45, 7) is 1.19. The van der Waals surface area contributed by atoms with Gasteiger partial charge in [0.15, 0.2) is 0 Å². The first-order valence-corrected chi connectivity index (χ1v) is 4.59. The second-order valence-electron chi connectivity index (χ2n) is 3.24. The van der Waals surface area contributed by atoms with Crippen molar-refractivity contribution in [3.63, 3.8) is 0 Å². The van der Waals surface area contributed by atoms with Crippen LogP contribution in [0.25, 0.3) is 0 Å². The Morgan fingerprint density at radius 2 is 2.21 bits per heavy atom. The second kappa shape index (κ2) is 5.77. The van der Waals surface area contributed by atoms with E-state index in [9.17, 15) is 9.59 Å². The maximum Gasteiger partial charge on any atom is 0.319 e. The lowest BCUT2D eigenvalue weighted by molar-refractivity contribution is -0.141. The van der Waals surface area contributed by atoms with E-state index in [2.05, 4.69) is 5.23 Å². The molecule has 5 nitrogen and oxygen atoms in total. The van der Waals surface area contributed by atoms with Crippen LogP contribution in [0.1, 0.15) is 12.8 Å². The smallest absolute Gasteiger partial charge is 0.319 e. The van der Waals surface area contributed by atoms with E-state index in [1.807, 2.05) is 0 Å². The minimum absolute atomic E-state index is 0.0393. The summed E-state index contributed by atoms with van der Waals surface area (Å²) in [6.07, 6.45) is 1.99. The molecular weight excluding hydrogens is 185 g/mol. The van der Waals surface area contributed by atoms with Gasteiger partial charge in [-0.3, -0.25) is 4.79 Å². The molecule has 0 saturated carbocycles. The molecule has 77 valence electrons. The minimum atomic E-state index is -0.921. The molecule has 1 saturated heterocycles. The van der Waals surface area contributed by atoms with Gasteiger partial charge in [-0.1, -0.05) is 0 Å². The van der Waals surface area contributed by atoms with Crippen molar-refractivity contribution in [2.24, 2.45) is 5.92 Å². The Morgan fingerprint density at radius 1 is 1.57 bits per heavy atom. The van der Waals surface area contributed by atoms with Gasteiger partial charge in [0.1, 0.15) is 0 Å². The van der Waals surface area contributed by atoms with E-state index >= 15 is 0 Å². The zero-order valence-corrected chi connectivity index (χ0v) is 7.81. The lowest BCUT2D eigenvalue weighted by Crippen LogP contribution is -2.46. The molecule has 0 aromatic rings. The van der Waals surface area contributed by atoms with Gasteiger partial charge in [0.05, 0.1) is 12.2 Å². The second-order valence-corrected chi connectivity index (χ2v) is 3.24. The SMILES string of the molecule is O=C[B]N[C@H](C(=O)O)C1CCOCC1. The van der Waals surface area contributed by atoms with Crippen molar-refractivity contribution < 1.29 is 19.4 Å². The van der Waals surface area contributed by atoms with Crippen molar-refractivity contribution in [2.75, 3.05) is 13.2 Å². The molecule has 0 amide bonds. The lowest BCUT2D eigenvalue weighted by Gasteiger charge is -2.27. The average molecular weight is 198 g/mol. The number of carbonyl (C=O) groups is 2. The lowest BCUT2D eigenvalue weighted by atomic mass is 9.87. The average Bonchev–Trinajstić information content (AvgIpc) is 2.19. The van der Waals surface area contributed by atoms with Gasteiger partial charge in [-0.25, -0.2) is 0 Å². The monoisotopic (exact) mass is 198 g/mol. The molecule has 1 aliphatic heterocycles. The maximum absolute atomic E-state index is 10.9. The summed E-state index contributed by atoms with van der Waals surface area (Å²) in [7, 11) is 1.13. The summed E-state index contributed by atoms with van der Waals surface area (Å²) >= 11 is 0. The Kier molecular flexibility index (Phi) is 4.62. The molecule has 14 heavy (non-hydrogen) atoms. The quantitative estimate of drug-likeness (QED) is 0.449. The Labute approximate surface area is 83.1 Å². The molecular formula is C8H13BNO4. The largest absolute Gasteiger partial charge is 0.480 e. The zero-order chi connectivity index (χ0) is 10.4. The molecule has 1 aliphatic rings. The Balaban J connectivity index is 2.46. The van der Waals surface area contributed by atoms with Crippen LogP contribution in [-0.2, 0) is 14.3 Å². The van der Waals surface area contributed by atoms with Gasteiger partial charge in [0, 0.05) is 13.2 Å². The molecule has 0 aliphatic carbocycles. The number of nitrogens with one attached hydrogen (secondary N) is 1. The number of hydrogen-bond donors (Lipinski definition) is 2. The van der Waals surface area contributed by atoms with Crippen LogP contribution in [0.2, 0.25) is 0 Å². The summed E-state index contributed by atoms with van der Waals surface area (Å²) in [5.41, 5.74) is 0. The highest BCUT2D eigenvalue weighted by atomic mass is 16.5. The number of ether oxygens (including phenoxy) is 1. The van der Waals surface area contributed by atoms with Crippen molar-refractivity contribution in [1.29, 1.82) is 0 Å². The Morgan fingerprint density at radius 3 is 2.71 bits per heavy atom. The molecule has 1 heterocycles. The first-order valence-electron chi connectivity index (χ1n) is 4.59. The third-order valence-corrected chi connectivity index (χ3v) is 2.35. The summed E-state index contributed by atoms with van der Waals surface area (Å²) < 4.78 is 5.13. The van der Waals surface area contributed by atoms with Gasteiger partial charge in [-0.15, -0.1) is 0 Å². The van der Waals surface area contributed by atoms with Gasteiger partial charge in [0.2, 0.25) is 0 Å². The predicted octanol–water partition coefficient (Wildman–Crippen LogP) is -0.735. The van der Waals surface area contributed by atoms with E-state index in [4.69, 9.17) is 9.84 Å². The number of carboxylic acids is 1. The summed E-state index contributed by atoms with van der Waals surface area (Å²) in [5.74, 6) is -0.882. The highest BCUT2D eigenvalue weighted by Crippen LogP contribution is 2.18. The van der Waals surface area contributed by atoms with Crippen molar-refractivity contribution in [2.45, 2.75) is 18.9 Å². The van der Waals surface area contributed by atoms with E-state index in [1.165, 1.54) is 0 Å². The van der Waals surface area contributed by atoms with Crippen LogP contribution in [-0.4, -0.2) is 43.9 Å². The van der Waals surface area contributed by atoms with Gasteiger partial charge < -0.3 is 19.9 Å². The van der Waals surface area contributed by atoms with Crippen molar-refractivity contribution in [3.8, 4) is 0 Å². The van der Waals surface area contributed by atoms with Crippen molar-refractivity contribution >= 4 is 19.6 Å². The topological polar surface area (TPSA) is 75.6 Å². The molecule has 1 fully saturated rings. The minimum Gasteiger partial charge on any atom is -0.480 e. The number of carboxylic acid groups (broad SMARTS) is 1. The summed E-state index contributed by atoms with van der Waals surface area (Å²) in [4.78, 5) is 20.9. The van der Waals surface area contributed by atoms with Crippen molar-refractivity contribution in [3.05, 3.63) is 0 Å². The Hall–Kier alpha value is -0.875. The van der Waals surface area contributed by atoms with Crippen LogP contribution >= 0.6 is 0 Å². The highest BCUT2D eigenvalue weighted by molar-refractivity contribution is 6.64. The number of aliphatic carboxylic acids is 1. The zero-order valence-electron chi connectivity index (χ0n) is 7.81. The van der Waals surface area contributed by atoms with Gasteiger partial charge in [-0.05, 0) is 18.8 Å². The first kappa shape index (κ1) is 11.2. The molecule has 0 aromatic heterocycles. The standard InChI is InChI=1S/C8H13BNO4/c11-5-9-10-7(8(12)13)6-1-3-14-4-2-6/h5-7,10H,1-4H2,(H,12,13)/t7-/m0/s1. The molecule has 6 heteroatoms. The fourth-order valence-electron chi connectivity index (χ4n) is 1.60. The van der Waals surface area contributed by atoms with Crippen LogP contribution in [0.4, 0.5) is 0 Å². The van der Waals surface area contributed by atoms with Gasteiger partial charge >= 0.3 is 5.97 Å². The van der Waals surface area contributed by atoms with Gasteiger partial charge in [0.25, 0.3) is 7.41 Å². The van der Waals surface area contributed by atoms with Crippen LogP contribution in [0, 0.1) is 5.92 Å². The van der Waals surface area contributed by atoms with E-state index in [-0.39, 0.29) is 5.92 Å². The number of hydrogen-bond acceptors (Lipinski definition) is 4. The molecule has 0 unspecified atom stereocenters. The maximum atomic E-state index is 10.9. The molecule has 1 rings (SSSR count). The molecule has 0 spiro atoms. The van der Waals surface area contributed by atoms with E-state index in [0.29, 0.717) is 19.4 Å². The molecule has 0 aromatic carbocycles. The molecule has 0 bridgehead atoms. The molecule has 2 N–H and O–H groups in total. The summed E-state index contributed by atoms with van der Waals surface area (Å²) in [5, 5.41) is 11.5. The third-order valence-electron chi connectivity index (χ3n) is 2.35. The van der Waals surface area contributed by atoms with Crippen LogP contribution in [0.5, 0.6) is 0 Å².